The number of hydrogen-bond donors (Lipinski definition) is 1. The van der Waals surface area contributed by atoms with E-state index < -0.39 is 0 Å². The van der Waals surface area contributed by atoms with E-state index in [0.717, 1.165) is 5.56 Å². The van der Waals surface area contributed by atoms with Gasteiger partial charge in [-0.2, -0.15) is 0 Å². The van der Waals surface area contributed by atoms with Crippen molar-refractivity contribution in [3.8, 4) is 0 Å². The summed E-state index contributed by atoms with van der Waals surface area (Å²) >= 11 is 0. The van der Waals surface area contributed by atoms with Crippen molar-refractivity contribution in [1.82, 2.24) is 10.2 Å². The number of nitrogens with one attached hydrogen (secondary N) is 1. The Morgan fingerprint density at radius 3 is 2.80 bits per heavy atom. The smallest absolute Gasteiger partial charge is 0.224 e. The minimum atomic E-state index is -0.109. The maximum atomic E-state index is 12.1. The second kappa shape index (κ2) is 7.05. The van der Waals surface area contributed by atoms with Crippen LogP contribution in [-0.2, 0) is 14.3 Å². The van der Waals surface area contributed by atoms with E-state index in [-0.39, 0.29) is 17.9 Å². The van der Waals surface area contributed by atoms with E-state index in [2.05, 4.69) is 5.32 Å². The van der Waals surface area contributed by atoms with Crippen LogP contribution < -0.4 is 5.32 Å². The maximum Gasteiger partial charge on any atom is 0.224 e. The van der Waals surface area contributed by atoms with Crippen LogP contribution in [0.5, 0.6) is 0 Å². The van der Waals surface area contributed by atoms with Crippen molar-refractivity contribution in [2.45, 2.75) is 19.4 Å². The average Bonchev–Trinajstić information content (AvgIpc) is 2.48. The summed E-state index contributed by atoms with van der Waals surface area (Å²) in [5.74, 6) is -0.0510. The van der Waals surface area contributed by atoms with Crippen LogP contribution >= 0.6 is 0 Å². The van der Waals surface area contributed by atoms with Gasteiger partial charge in [0, 0.05) is 26.4 Å². The van der Waals surface area contributed by atoms with Gasteiger partial charge in [0.25, 0.3) is 0 Å². The lowest BCUT2D eigenvalue weighted by Crippen LogP contribution is -2.43. The Kier molecular flexibility index (Phi) is 5.12. The van der Waals surface area contributed by atoms with Crippen LogP contribution in [0.25, 0.3) is 0 Å². The SMILES string of the molecule is CC(=O)NCCC(=O)N1CCOC(c2ccccc2)C1. The molecule has 0 radical (unpaired) electrons. The van der Waals surface area contributed by atoms with Crippen LogP contribution in [0.4, 0.5) is 0 Å². The highest BCUT2D eigenvalue weighted by Crippen LogP contribution is 2.22. The average molecular weight is 276 g/mol. The van der Waals surface area contributed by atoms with Crippen molar-refractivity contribution >= 4 is 11.8 Å². The predicted molar refractivity (Wildman–Crippen MR) is 75.0 cm³/mol. The minimum absolute atomic E-state index is 0.0583. The van der Waals surface area contributed by atoms with E-state index in [0.29, 0.717) is 32.7 Å². The molecule has 2 amide bonds. The second-order valence-electron chi connectivity index (χ2n) is 4.84. The summed E-state index contributed by atoms with van der Waals surface area (Å²) in [6.07, 6.45) is 0.274. The number of morpholine rings is 1. The number of hydrogen-bond acceptors (Lipinski definition) is 3. The number of carbonyl (C=O) groups is 2. The number of ether oxygens (including phenoxy) is 1. The molecule has 2 rings (SSSR count). The van der Waals surface area contributed by atoms with Crippen LogP contribution in [0.1, 0.15) is 25.0 Å². The van der Waals surface area contributed by atoms with Crippen LogP contribution in [0.15, 0.2) is 30.3 Å². The lowest BCUT2D eigenvalue weighted by Gasteiger charge is -2.33. The fraction of sp³-hybridized carbons (Fsp3) is 0.467. The molecule has 1 aromatic rings. The first kappa shape index (κ1) is 14.5. The van der Waals surface area contributed by atoms with Crippen molar-refractivity contribution < 1.29 is 14.3 Å². The first-order valence-electron chi connectivity index (χ1n) is 6.85. The molecule has 0 aliphatic carbocycles. The van der Waals surface area contributed by atoms with Gasteiger partial charge >= 0.3 is 0 Å². The second-order valence-corrected chi connectivity index (χ2v) is 4.84. The van der Waals surface area contributed by atoms with E-state index in [9.17, 15) is 9.59 Å². The monoisotopic (exact) mass is 276 g/mol. The molecule has 1 N–H and O–H groups in total. The minimum Gasteiger partial charge on any atom is -0.370 e. The molecule has 0 saturated carbocycles. The summed E-state index contributed by atoms with van der Waals surface area (Å²) in [5.41, 5.74) is 1.09. The third kappa shape index (κ3) is 4.06. The third-order valence-corrected chi connectivity index (χ3v) is 3.30. The molecule has 20 heavy (non-hydrogen) atoms. The fourth-order valence-corrected chi connectivity index (χ4v) is 2.25. The molecule has 1 saturated heterocycles. The van der Waals surface area contributed by atoms with Crippen LogP contribution in [-0.4, -0.2) is 43.0 Å². The highest BCUT2D eigenvalue weighted by atomic mass is 16.5. The highest BCUT2D eigenvalue weighted by Gasteiger charge is 2.24. The zero-order chi connectivity index (χ0) is 14.4. The Morgan fingerprint density at radius 2 is 2.10 bits per heavy atom. The Labute approximate surface area is 118 Å². The van der Waals surface area contributed by atoms with Crippen molar-refractivity contribution in [3.63, 3.8) is 0 Å². The standard InChI is InChI=1S/C15H20N2O3/c1-12(18)16-8-7-15(19)17-9-10-20-14(11-17)13-5-3-2-4-6-13/h2-6,14H,7-11H2,1H3,(H,16,18). The molecule has 1 aliphatic rings. The Balaban J connectivity index is 1.87. The zero-order valence-corrected chi connectivity index (χ0v) is 11.7. The molecule has 1 atom stereocenters. The van der Waals surface area contributed by atoms with Crippen molar-refractivity contribution in [2.24, 2.45) is 0 Å². The summed E-state index contributed by atoms with van der Waals surface area (Å²) in [4.78, 5) is 24.7. The number of amides is 2. The zero-order valence-electron chi connectivity index (χ0n) is 11.7. The molecular weight excluding hydrogens is 256 g/mol. The van der Waals surface area contributed by atoms with Gasteiger partial charge in [0.1, 0.15) is 6.10 Å². The van der Waals surface area contributed by atoms with Gasteiger partial charge in [-0.1, -0.05) is 30.3 Å². The highest BCUT2D eigenvalue weighted by molar-refractivity contribution is 5.78. The lowest BCUT2D eigenvalue weighted by atomic mass is 10.1. The Hall–Kier alpha value is -1.88. The van der Waals surface area contributed by atoms with Gasteiger partial charge < -0.3 is 15.0 Å². The Morgan fingerprint density at radius 1 is 1.35 bits per heavy atom. The number of rotatable bonds is 4. The first-order chi connectivity index (χ1) is 9.66. The normalized spacial score (nSPS) is 18.6. The first-order valence-corrected chi connectivity index (χ1v) is 6.85. The van der Waals surface area contributed by atoms with Crippen molar-refractivity contribution in [3.05, 3.63) is 35.9 Å². The van der Waals surface area contributed by atoms with Gasteiger partial charge in [-0.05, 0) is 5.56 Å². The molecular formula is C15H20N2O3. The molecule has 1 fully saturated rings. The molecule has 0 spiro atoms. The van der Waals surface area contributed by atoms with Crippen LogP contribution in [0, 0.1) is 0 Å². The van der Waals surface area contributed by atoms with Crippen LogP contribution in [0.2, 0.25) is 0 Å². The summed E-state index contributed by atoms with van der Waals surface area (Å²) in [7, 11) is 0. The molecule has 5 heteroatoms. The topological polar surface area (TPSA) is 58.6 Å². The predicted octanol–water partition coefficient (Wildman–Crippen LogP) is 1.11. The van der Waals surface area contributed by atoms with Crippen molar-refractivity contribution in [2.75, 3.05) is 26.2 Å². The molecule has 108 valence electrons. The maximum absolute atomic E-state index is 12.1. The molecule has 0 bridgehead atoms. The van der Waals surface area contributed by atoms with Gasteiger partial charge in [-0.15, -0.1) is 0 Å². The van der Waals surface area contributed by atoms with Gasteiger partial charge in [0.15, 0.2) is 0 Å². The lowest BCUT2D eigenvalue weighted by molar-refractivity contribution is -0.139. The summed E-state index contributed by atoms with van der Waals surface area (Å²) in [5, 5.41) is 2.64. The van der Waals surface area contributed by atoms with Crippen LogP contribution in [0.3, 0.4) is 0 Å². The molecule has 1 aromatic carbocycles. The molecule has 1 aliphatic heterocycles. The summed E-state index contributed by atoms with van der Waals surface area (Å²) in [6.45, 7) is 3.57. The van der Waals surface area contributed by atoms with E-state index in [1.54, 1.807) is 0 Å². The van der Waals surface area contributed by atoms with Gasteiger partial charge in [0.05, 0.1) is 13.2 Å². The number of nitrogens with zero attached hydrogens (tertiary/aromatic N) is 1. The summed E-state index contributed by atoms with van der Waals surface area (Å²) in [6, 6.07) is 9.92. The largest absolute Gasteiger partial charge is 0.370 e. The van der Waals surface area contributed by atoms with Crippen molar-refractivity contribution in [1.29, 1.82) is 0 Å². The van der Waals surface area contributed by atoms with E-state index in [4.69, 9.17) is 4.74 Å². The Bertz CT molecular complexity index is 461. The molecule has 0 aromatic heterocycles. The quantitative estimate of drug-likeness (QED) is 0.896. The summed E-state index contributed by atoms with van der Waals surface area (Å²) < 4.78 is 5.72. The molecule has 1 heterocycles. The van der Waals surface area contributed by atoms with E-state index in [1.165, 1.54) is 6.92 Å². The third-order valence-electron chi connectivity index (χ3n) is 3.30. The molecule has 1 unspecified atom stereocenters. The fourth-order valence-electron chi connectivity index (χ4n) is 2.25. The van der Waals surface area contributed by atoms with E-state index in [1.807, 2.05) is 35.2 Å². The van der Waals surface area contributed by atoms with Gasteiger partial charge in [-0.3, -0.25) is 9.59 Å². The number of benzene rings is 1. The van der Waals surface area contributed by atoms with E-state index >= 15 is 0 Å². The van der Waals surface area contributed by atoms with Gasteiger partial charge in [0.2, 0.25) is 11.8 Å². The molecule has 5 nitrogen and oxygen atoms in total. The van der Waals surface area contributed by atoms with Gasteiger partial charge in [-0.25, -0.2) is 0 Å². The number of carbonyl (C=O) groups excluding carboxylic acids is 2.